The Hall–Kier alpha value is -2.72. The number of phosphoric acid groups is 3. The van der Waals surface area contributed by atoms with Gasteiger partial charge in [-0.05, 0) is 68.6 Å². The van der Waals surface area contributed by atoms with E-state index < -0.39 is 78.5 Å². The number of fused-ring (bicyclic) bond motifs is 3. The summed E-state index contributed by atoms with van der Waals surface area (Å²) in [7, 11) is -16.3. The summed E-state index contributed by atoms with van der Waals surface area (Å²) in [4.78, 5) is 77.4. The molecule has 26 heteroatoms. The molecular weight excluding hydrogens is 891 g/mol. The molecule has 10 atom stereocenters. The lowest BCUT2D eigenvalue weighted by Crippen LogP contribution is -2.39. The van der Waals surface area contributed by atoms with Crippen LogP contribution in [0.5, 0.6) is 0 Å². The maximum atomic E-state index is 12.9. The Morgan fingerprint density at radius 1 is 0.937 bits per heavy atom. The number of rotatable bonds is 21. The molecule has 352 valence electrons. The van der Waals surface area contributed by atoms with E-state index in [2.05, 4.69) is 50.3 Å². The minimum atomic E-state index is -5.54. The van der Waals surface area contributed by atoms with Crippen molar-refractivity contribution in [2.75, 3.05) is 13.2 Å². The molecule has 6 rings (SSSR count). The molecule has 4 heterocycles. The van der Waals surface area contributed by atoms with Crippen LogP contribution in [0.4, 0.5) is 0 Å². The summed E-state index contributed by atoms with van der Waals surface area (Å²) in [6.45, 7) is 9.92. The third kappa shape index (κ3) is 12.4. The van der Waals surface area contributed by atoms with Crippen molar-refractivity contribution in [3.63, 3.8) is 0 Å². The van der Waals surface area contributed by atoms with E-state index in [0.717, 1.165) is 54.8 Å². The summed E-state index contributed by atoms with van der Waals surface area (Å²) in [6, 6.07) is 0. The highest BCUT2D eigenvalue weighted by Gasteiger charge is 2.55. The topological polar surface area (TPSA) is 327 Å². The van der Waals surface area contributed by atoms with Crippen molar-refractivity contribution in [1.29, 1.82) is 0 Å². The number of aromatic nitrogens is 7. The summed E-state index contributed by atoms with van der Waals surface area (Å²) < 4.78 is 64.9. The maximum absolute atomic E-state index is 12.9. The standard InChI is InChI=1S/C37H58N7O16P3/c1-21-30-34(39-19-38-21)43(20-40-30)35-31(47)32(59-61(49,50)51)28(58-35)17-56-62(52,53)60-63(54,55)57-18-37(5,6)33(48)27(46)11-7-9-22(45)10-8-16-44-26-15-13-24-23(29(24)36(2,3)4)12-14-25(26)41-42-44/h19-20,23-24,28-29,31-33,35,47-48H,7-18H2,1-6H3,(H,52,53)(H,54,55)(H2,49,50,51). The largest absolute Gasteiger partial charge is 0.481 e. The number of Topliss-reactive ketones (excluding diaryl/α,β-unsaturated/α-hetero) is 2. The second-order valence-electron chi connectivity index (χ2n) is 18.3. The average molecular weight is 950 g/mol. The fourth-order valence-electron chi connectivity index (χ4n) is 8.92. The predicted molar refractivity (Wildman–Crippen MR) is 219 cm³/mol. The Morgan fingerprint density at radius 2 is 1.60 bits per heavy atom. The van der Waals surface area contributed by atoms with E-state index >= 15 is 0 Å². The summed E-state index contributed by atoms with van der Waals surface area (Å²) in [5.74, 6) is 1.50. The number of nitrogens with zero attached hydrogens (tertiary/aromatic N) is 7. The van der Waals surface area contributed by atoms with Gasteiger partial charge in [-0.3, -0.25) is 27.7 Å². The van der Waals surface area contributed by atoms with E-state index in [0.29, 0.717) is 29.6 Å². The van der Waals surface area contributed by atoms with Gasteiger partial charge in [-0.2, -0.15) is 4.31 Å². The molecule has 2 aliphatic carbocycles. The SMILES string of the molecule is Cc1ncnc2c1ncn2C1OC(COP(=O)(O)OP(=O)(O)OCC(C)(C)C(O)C(=O)CCCC(=O)CCCn2nnc3c2CCC2C(CC3)C2C(C)(C)C)C(OP(=O)(O)O)C1O. The highest BCUT2D eigenvalue weighted by Crippen LogP contribution is 2.62. The molecule has 0 radical (unpaired) electrons. The molecule has 1 aliphatic heterocycles. The normalized spacial score (nSPS) is 26.6. The van der Waals surface area contributed by atoms with Gasteiger partial charge >= 0.3 is 23.5 Å². The van der Waals surface area contributed by atoms with Crippen molar-refractivity contribution in [3.8, 4) is 0 Å². The predicted octanol–water partition coefficient (Wildman–Crippen LogP) is 3.68. The molecule has 1 saturated heterocycles. The van der Waals surface area contributed by atoms with E-state index in [-0.39, 0.29) is 37.1 Å². The number of phosphoric ester groups is 3. The molecule has 10 unspecified atom stereocenters. The highest BCUT2D eigenvalue weighted by atomic mass is 31.3. The van der Waals surface area contributed by atoms with Crippen LogP contribution < -0.4 is 0 Å². The molecule has 3 aromatic rings. The fourth-order valence-corrected chi connectivity index (χ4v) is 11.8. The molecule has 1 saturated carbocycles. The van der Waals surface area contributed by atoms with Crippen LogP contribution in [0.15, 0.2) is 12.7 Å². The summed E-state index contributed by atoms with van der Waals surface area (Å²) in [6.07, 6.45) is -1.16. The first kappa shape index (κ1) is 49.7. The van der Waals surface area contributed by atoms with Crippen LogP contribution in [0.3, 0.4) is 0 Å². The van der Waals surface area contributed by atoms with Crippen LogP contribution in [0, 0.1) is 35.5 Å². The average Bonchev–Trinajstić information content (AvgIpc) is 3.37. The molecule has 3 aromatic heterocycles. The first-order valence-corrected chi connectivity index (χ1v) is 25.3. The van der Waals surface area contributed by atoms with Crippen LogP contribution in [-0.4, -0.2) is 113 Å². The second-order valence-corrected chi connectivity index (χ2v) is 22.6. The molecule has 63 heavy (non-hydrogen) atoms. The van der Waals surface area contributed by atoms with Crippen LogP contribution >= 0.6 is 23.5 Å². The number of aliphatic hydroxyl groups is 2. The number of imidazole rings is 1. The van der Waals surface area contributed by atoms with Gasteiger partial charge in [0.05, 0.1) is 36.6 Å². The third-order valence-electron chi connectivity index (χ3n) is 12.0. The van der Waals surface area contributed by atoms with Gasteiger partial charge in [0.15, 0.2) is 17.7 Å². The molecule has 23 nitrogen and oxygen atoms in total. The lowest BCUT2D eigenvalue weighted by Gasteiger charge is -2.30. The monoisotopic (exact) mass is 949 g/mol. The van der Waals surface area contributed by atoms with Crippen molar-refractivity contribution < 1.29 is 75.7 Å². The molecule has 0 bridgehead atoms. The van der Waals surface area contributed by atoms with E-state index in [1.807, 2.05) is 4.68 Å². The zero-order valence-electron chi connectivity index (χ0n) is 36.0. The van der Waals surface area contributed by atoms with E-state index in [9.17, 15) is 53.1 Å². The van der Waals surface area contributed by atoms with E-state index in [4.69, 9.17) is 18.3 Å². The zero-order chi connectivity index (χ0) is 46.3. The Balaban J connectivity index is 0.924. The number of hydrogen-bond donors (Lipinski definition) is 6. The molecule has 2 fully saturated rings. The van der Waals surface area contributed by atoms with Crippen LogP contribution in [0.25, 0.3) is 11.2 Å². The number of ether oxygens (including phenoxy) is 1. The van der Waals surface area contributed by atoms with Gasteiger partial charge in [-0.1, -0.05) is 39.8 Å². The Morgan fingerprint density at radius 3 is 2.29 bits per heavy atom. The Labute approximate surface area is 363 Å². The van der Waals surface area contributed by atoms with Crippen LogP contribution in [0.1, 0.15) is 103 Å². The quantitative estimate of drug-likeness (QED) is 0.0830. The first-order valence-electron chi connectivity index (χ1n) is 20.8. The Kier molecular flexibility index (Phi) is 15.2. The molecule has 0 aromatic carbocycles. The number of ketones is 2. The summed E-state index contributed by atoms with van der Waals surface area (Å²) in [5, 5.41) is 30.6. The van der Waals surface area contributed by atoms with Crippen molar-refractivity contribution in [2.45, 2.75) is 137 Å². The van der Waals surface area contributed by atoms with Crippen molar-refractivity contribution in [1.82, 2.24) is 34.5 Å². The van der Waals surface area contributed by atoms with Crippen LogP contribution in [0.2, 0.25) is 0 Å². The van der Waals surface area contributed by atoms with Crippen molar-refractivity contribution >= 4 is 46.2 Å². The lowest BCUT2D eigenvalue weighted by molar-refractivity contribution is -0.134. The number of aliphatic hydroxyl groups excluding tert-OH is 2. The van der Waals surface area contributed by atoms with Gasteiger partial charge in [0, 0.05) is 31.2 Å². The molecule has 0 spiro atoms. The summed E-state index contributed by atoms with van der Waals surface area (Å²) in [5.41, 5.74) is 1.92. The zero-order valence-corrected chi connectivity index (χ0v) is 38.7. The number of carbonyl (C=O) groups is 2. The minimum absolute atomic E-state index is 0.0527. The lowest BCUT2D eigenvalue weighted by atomic mass is 9.84. The van der Waals surface area contributed by atoms with Gasteiger partial charge in [-0.25, -0.2) is 33.3 Å². The minimum Gasteiger partial charge on any atom is -0.386 e. The third-order valence-corrected chi connectivity index (χ3v) is 15.1. The number of aryl methyl sites for hydroxylation is 3. The first-order chi connectivity index (χ1) is 29.3. The van der Waals surface area contributed by atoms with Crippen molar-refractivity contribution in [3.05, 3.63) is 29.7 Å². The smallest absolute Gasteiger partial charge is 0.386 e. The summed E-state index contributed by atoms with van der Waals surface area (Å²) >= 11 is 0. The van der Waals surface area contributed by atoms with Crippen LogP contribution in [-0.2, 0) is 65.3 Å². The molecule has 6 N–H and O–H groups in total. The van der Waals surface area contributed by atoms with Crippen molar-refractivity contribution in [2.24, 2.45) is 28.6 Å². The molecular formula is C37H58N7O16P3. The maximum Gasteiger partial charge on any atom is 0.481 e. The van der Waals surface area contributed by atoms with Gasteiger partial charge in [0.1, 0.15) is 42.0 Å². The van der Waals surface area contributed by atoms with Gasteiger partial charge in [0.2, 0.25) is 0 Å². The number of hydrogen-bond acceptors (Lipinski definition) is 17. The Bertz CT molecular complexity index is 2280. The number of carbonyl (C=O) groups excluding carboxylic acids is 2. The van der Waals surface area contributed by atoms with Gasteiger partial charge < -0.3 is 34.5 Å². The van der Waals surface area contributed by atoms with Gasteiger partial charge in [0.25, 0.3) is 0 Å². The second kappa shape index (κ2) is 19.2. The van der Waals surface area contributed by atoms with E-state index in [1.165, 1.54) is 31.1 Å². The molecule has 3 aliphatic rings. The highest BCUT2D eigenvalue weighted by molar-refractivity contribution is 7.61. The van der Waals surface area contributed by atoms with Gasteiger partial charge in [-0.15, -0.1) is 5.10 Å². The fraction of sp³-hybridized carbons (Fsp3) is 0.757. The molecule has 0 amide bonds. The van der Waals surface area contributed by atoms with E-state index in [1.54, 1.807) is 6.92 Å².